The van der Waals surface area contributed by atoms with Gasteiger partial charge < -0.3 is 14.4 Å². The third-order valence-corrected chi connectivity index (χ3v) is 6.16. The Hall–Kier alpha value is -3.94. The predicted octanol–water partition coefficient (Wildman–Crippen LogP) is 4.99. The molecule has 1 amide bonds. The van der Waals surface area contributed by atoms with Crippen LogP contribution in [0.4, 0.5) is 0 Å². The number of aromatic nitrogens is 4. The first kappa shape index (κ1) is 22.8. The normalized spacial score (nSPS) is 14.8. The average molecular weight is 472 g/mol. The lowest BCUT2D eigenvalue weighted by Gasteiger charge is -2.24. The van der Waals surface area contributed by atoms with Crippen LogP contribution in [0.3, 0.4) is 0 Å². The zero-order valence-electron chi connectivity index (χ0n) is 19.7. The Bertz CT molecular complexity index is 1290. The molecule has 4 aromatic rings. The van der Waals surface area contributed by atoms with E-state index in [0.717, 1.165) is 42.3 Å². The second kappa shape index (κ2) is 11.0. The minimum absolute atomic E-state index is 0.0789. The van der Waals surface area contributed by atoms with Crippen LogP contribution in [0.25, 0.3) is 11.0 Å². The summed E-state index contributed by atoms with van der Waals surface area (Å²) in [6.07, 6.45) is 6.03. The van der Waals surface area contributed by atoms with Crippen molar-refractivity contribution in [2.24, 2.45) is 0 Å². The Morgan fingerprint density at radius 1 is 0.914 bits per heavy atom. The Labute approximate surface area is 204 Å². The largest absolute Gasteiger partial charge is 0.490 e. The number of pyridine rings is 1. The minimum Gasteiger partial charge on any atom is -0.490 e. The van der Waals surface area contributed by atoms with Gasteiger partial charge >= 0.3 is 0 Å². The average Bonchev–Trinajstić information content (AvgIpc) is 3.30. The number of para-hydroxylation sites is 3. The molecule has 2 aromatic heterocycles. The van der Waals surface area contributed by atoms with Crippen molar-refractivity contribution in [3.8, 4) is 17.4 Å². The Kier molecular flexibility index (Phi) is 7.17. The van der Waals surface area contributed by atoms with Crippen molar-refractivity contribution in [2.45, 2.75) is 45.2 Å². The van der Waals surface area contributed by atoms with Crippen LogP contribution >= 0.6 is 0 Å². The molecular formula is C27H29N5O3. The van der Waals surface area contributed by atoms with Gasteiger partial charge in [0.25, 0.3) is 0 Å². The van der Waals surface area contributed by atoms with Gasteiger partial charge in [-0.25, -0.2) is 9.67 Å². The van der Waals surface area contributed by atoms with Crippen LogP contribution in [0.5, 0.6) is 17.4 Å². The maximum atomic E-state index is 13.4. The summed E-state index contributed by atoms with van der Waals surface area (Å²) in [5, 5.41) is 8.42. The summed E-state index contributed by atoms with van der Waals surface area (Å²) in [5.41, 5.74) is 2.63. The number of amides is 1. The highest BCUT2D eigenvalue weighted by molar-refractivity contribution is 5.77. The Morgan fingerprint density at radius 2 is 1.74 bits per heavy atom. The molecule has 0 bridgehead atoms. The highest BCUT2D eigenvalue weighted by atomic mass is 16.5. The molecule has 2 aromatic carbocycles. The van der Waals surface area contributed by atoms with Crippen molar-refractivity contribution in [1.82, 2.24) is 24.9 Å². The fraction of sp³-hybridized carbons (Fsp3) is 0.333. The molecule has 1 aliphatic rings. The van der Waals surface area contributed by atoms with Crippen molar-refractivity contribution < 1.29 is 14.3 Å². The first-order valence-electron chi connectivity index (χ1n) is 12.2. The number of carbonyl (C=O) groups excluding carboxylic acids is 1. The van der Waals surface area contributed by atoms with Crippen LogP contribution in [-0.2, 0) is 17.9 Å². The summed E-state index contributed by atoms with van der Waals surface area (Å²) in [7, 11) is 0. The van der Waals surface area contributed by atoms with Gasteiger partial charge in [-0.2, -0.15) is 0 Å². The van der Waals surface area contributed by atoms with Gasteiger partial charge in [0.05, 0.1) is 25.2 Å². The first-order valence-corrected chi connectivity index (χ1v) is 12.2. The summed E-state index contributed by atoms with van der Waals surface area (Å²) >= 11 is 0. The SMILES string of the molecule is O=C(CCn1nnc2ccccc21)N1CCCCCCOc2ccccc2Oc2ncccc2C1. The third-order valence-electron chi connectivity index (χ3n) is 6.16. The van der Waals surface area contributed by atoms with Gasteiger partial charge in [0, 0.05) is 24.7 Å². The van der Waals surface area contributed by atoms with E-state index in [-0.39, 0.29) is 5.91 Å². The second-order valence-electron chi connectivity index (χ2n) is 8.65. The number of fused-ring (bicyclic) bond motifs is 3. The number of ether oxygens (including phenoxy) is 2. The molecule has 0 spiro atoms. The summed E-state index contributed by atoms with van der Waals surface area (Å²) < 4.78 is 14.0. The van der Waals surface area contributed by atoms with Gasteiger partial charge in [-0.15, -0.1) is 5.10 Å². The Morgan fingerprint density at radius 3 is 2.69 bits per heavy atom. The fourth-order valence-electron chi connectivity index (χ4n) is 4.27. The topological polar surface area (TPSA) is 82.4 Å². The Balaban J connectivity index is 1.35. The number of nitrogens with zero attached hydrogens (tertiary/aromatic N) is 5. The molecule has 3 heterocycles. The van der Waals surface area contributed by atoms with E-state index in [4.69, 9.17) is 9.47 Å². The van der Waals surface area contributed by atoms with Crippen molar-refractivity contribution in [3.05, 3.63) is 72.4 Å². The lowest BCUT2D eigenvalue weighted by Crippen LogP contribution is -2.32. The molecule has 8 heteroatoms. The standard InChI is InChI=1S/C27H29N5O3/c33-26(15-18-32-23-12-4-3-11-22(23)29-30-32)31-17-7-1-2-8-19-34-24-13-5-6-14-25(24)35-27-21(20-31)10-9-16-28-27/h3-6,9-14,16H,1-2,7-8,15,17-20H2. The third kappa shape index (κ3) is 5.59. The van der Waals surface area contributed by atoms with Crippen LogP contribution in [0.15, 0.2) is 66.9 Å². The number of hydrogen-bond donors (Lipinski definition) is 0. The molecule has 0 fully saturated rings. The second-order valence-corrected chi connectivity index (χ2v) is 8.65. The molecule has 35 heavy (non-hydrogen) atoms. The lowest BCUT2D eigenvalue weighted by molar-refractivity contribution is -0.132. The van der Waals surface area contributed by atoms with Crippen molar-refractivity contribution in [1.29, 1.82) is 0 Å². The highest BCUT2D eigenvalue weighted by Gasteiger charge is 2.19. The smallest absolute Gasteiger partial charge is 0.224 e. The van der Waals surface area contributed by atoms with E-state index in [1.54, 1.807) is 10.9 Å². The molecule has 0 N–H and O–H groups in total. The monoisotopic (exact) mass is 471 g/mol. The van der Waals surface area contributed by atoms with E-state index in [0.29, 0.717) is 50.0 Å². The van der Waals surface area contributed by atoms with E-state index < -0.39 is 0 Å². The highest BCUT2D eigenvalue weighted by Crippen LogP contribution is 2.32. The van der Waals surface area contributed by atoms with Crippen molar-refractivity contribution in [2.75, 3.05) is 13.2 Å². The van der Waals surface area contributed by atoms with E-state index in [2.05, 4.69) is 15.3 Å². The molecule has 5 rings (SSSR count). The summed E-state index contributed by atoms with van der Waals surface area (Å²) in [6.45, 7) is 2.23. The predicted molar refractivity (Wildman–Crippen MR) is 132 cm³/mol. The van der Waals surface area contributed by atoms with E-state index in [9.17, 15) is 4.79 Å². The van der Waals surface area contributed by atoms with Crippen LogP contribution < -0.4 is 9.47 Å². The van der Waals surface area contributed by atoms with E-state index in [1.807, 2.05) is 65.6 Å². The van der Waals surface area contributed by atoms with E-state index >= 15 is 0 Å². The van der Waals surface area contributed by atoms with Crippen molar-refractivity contribution in [3.63, 3.8) is 0 Å². The van der Waals surface area contributed by atoms with Crippen LogP contribution in [0.1, 0.15) is 37.7 Å². The molecule has 0 saturated heterocycles. The molecular weight excluding hydrogens is 442 g/mol. The summed E-state index contributed by atoms with van der Waals surface area (Å²) in [5.74, 6) is 1.89. The lowest BCUT2D eigenvalue weighted by atomic mass is 10.1. The summed E-state index contributed by atoms with van der Waals surface area (Å²) in [4.78, 5) is 19.7. The minimum atomic E-state index is 0.0789. The number of carbonyl (C=O) groups is 1. The van der Waals surface area contributed by atoms with Crippen LogP contribution in [0.2, 0.25) is 0 Å². The molecule has 0 radical (unpaired) electrons. The first-order chi connectivity index (χ1) is 17.3. The molecule has 1 aliphatic heterocycles. The number of aryl methyl sites for hydroxylation is 1. The maximum absolute atomic E-state index is 13.4. The van der Waals surface area contributed by atoms with Gasteiger partial charge in [-0.05, 0) is 43.2 Å². The molecule has 180 valence electrons. The number of hydrogen-bond acceptors (Lipinski definition) is 6. The van der Waals surface area contributed by atoms with Gasteiger partial charge in [0.2, 0.25) is 11.8 Å². The zero-order valence-corrected chi connectivity index (χ0v) is 19.7. The number of rotatable bonds is 3. The molecule has 0 saturated carbocycles. The molecule has 8 nitrogen and oxygen atoms in total. The zero-order chi connectivity index (χ0) is 23.9. The molecule has 0 atom stereocenters. The number of benzene rings is 2. The molecule has 0 aliphatic carbocycles. The van der Waals surface area contributed by atoms with Crippen molar-refractivity contribution >= 4 is 16.9 Å². The van der Waals surface area contributed by atoms with Gasteiger partial charge in [-0.3, -0.25) is 4.79 Å². The maximum Gasteiger partial charge on any atom is 0.224 e. The van der Waals surface area contributed by atoms with E-state index in [1.165, 1.54) is 0 Å². The molecule has 0 unspecified atom stereocenters. The fourth-order valence-corrected chi connectivity index (χ4v) is 4.27. The van der Waals surface area contributed by atoms with Crippen LogP contribution in [-0.4, -0.2) is 43.9 Å². The quantitative estimate of drug-likeness (QED) is 0.419. The summed E-state index contributed by atoms with van der Waals surface area (Å²) in [6, 6.07) is 19.3. The van der Waals surface area contributed by atoms with Gasteiger partial charge in [0.1, 0.15) is 5.52 Å². The van der Waals surface area contributed by atoms with Gasteiger partial charge in [0.15, 0.2) is 11.5 Å². The van der Waals surface area contributed by atoms with Gasteiger partial charge in [-0.1, -0.05) is 48.4 Å². The van der Waals surface area contributed by atoms with Crippen LogP contribution in [0, 0.1) is 0 Å².